The third-order valence-corrected chi connectivity index (χ3v) is 2.27. The van der Waals surface area contributed by atoms with Gasteiger partial charge in [-0.25, -0.2) is 8.78 Å². The van der Waals surface area contributed by atoms with Gasteiger partial charge in [0.15, 0.2) is 0 Å². The zero-order valence-corrected chi connectivity index (χ0v) is 7.95. The van der Waals surface area contributed by atoms with Gasteiger partial charge in [0.25, 0.3) is 5.92 Å². The van der Waals surface area contributed by atoms with Crippen molar-refractivity contribution in [3.05, 3.63) is 0 Å². The summed E-state index contributed by atoms with van der Waals surface area (Å²) in [6.45, 7) is 5.44. The Morgan fingerprint density at radius 2 is 1.67 bits per heavy atom. The molecule has 0 aliphatic heterocycles. The minimum absolute atomic E-state index is 0.115. The predicted octanol–water partition coefficient (Wildman–Crippen LogP) is 2.55. The van der Waals surface area contributed by atoms with Gasteiger partial charge in [0.1, 0.15) is 0 Å². The number of alkyl halides is 2. The lowest BCUT2D eigenvalue weighted by molar-refractivity contribution is -0.0674. The number of hydrogen-bond donors (Lipinski definition) is 1. The molecule has 1 saturated carbocycles. The molecule has 0 aromatic rings. The second-order valence-electron chi connectivity index (χ2n) is 5.10. The van der Waals surface area contributed by atoms with Gasteiger partial charge in [0, 0.05) is 6.42 Å². The summed E-state index contributed by atoms with van der Waals surface area (Å²) in [4.78, 5) is 0. The van der Waals surface area contributed by atoms with E-state index in [1.807, 2.05) is 20.8 Å². The topological polar surface area (TPSA) is 26.0 Å². The van der Waals surface area contributed by atoms with Crippen molar-refractivity contribution in [3.63, 3.8) is 0 Å². The van der Waals surface area contributed by atoms with Gasteiger partial charge in [-0.3, -0.25) is 0 Å². The molecule has 1 rings (SSSR count). The van der Waals surface area contributed by atoms with Gasteiger partial charge in [-0.2, -0.15) is 0 Å². The summed E-state index contributed by atoms with van der Waals surface area (Å²) < 4.78 is 26.7. The molecule has 1 aliphatic carbocycles. The number of rotatable bonds is 2. The Bertz CT molecular complexity index is 177. The summed E-state index contributed by atoms with van der Waals surface area (Å²) in [7, 11) is 0. The van der Waals surface area contributed by atoms with Crippen molar-refractivity contribution in [3.8, 4) is 0 Å². The number of nitrogens with two attached hydrogens (primary N) is 1. The maximum absolute atomic E-state index is 13.4. The fourth-order valence-corrected chi connectivity index (χ4v) is 1.34. The first-order valence-corrected chi connectivity index (χ1v) is 4.33. The van der Waals surface area contributed by atoms with Crippen LogP contribution in [0.25, 0.3) is 0 Å². The normalized spacial score (nSPS) is 22.5. The van der Waals surface area contributed by atoms with Crippen LogP contribution in [0.15, 0.2) is 0 Å². The van der Waals surface area contributed by atoms with Crippen molar-refractivity contribution < 1.29 is 8.78 Å². The predicted molar refractivity (Wildman–Crippen MR) is 45.2 cm³/mol. The van der Waals surface area contributed by atoms with Gasteiger partial charge in [-0.05, 0) is 18.3 Å². The number of hydrogen-bond acceptors (Lipinski definition) is 1. The highest BCUT2D eigenvalue weighted by Gasteiger charge is 2.59. The molecule has 72 valence electrons. The van der Waals surface area contributed by atoms with Crippen molar-refractivity contribution in [1.29, 1.82) is 0 Å². The molecule has 0 bridgehead atoms. The van der Waals surface area contributed by atoms with Crippen LogP contribution in [0, 0.1) is 5.41 Å². The Morgan fingerprint density at radius 3 is 1.92 bits per heavy atom. The van der Waals surface area contributed by atoms with Crippen LogP contribution in [0.5, 0.6) is 0 Å². The van der Waals surface area contributed by atoms with Crippen LogP contribution in [0.2, 0.25) is 0 Å². The summed E-state index contributed by atoms with van der Waals surface area (Å²) in [5.74, 6) is -2.69. The van der Waals surface area contributed by atoms with Crippen LogP contribution in [-0.4, -0.2) is 11.5 Å². The lowest BCUT2D eigenvalue weighted by Gasteiger charge is -2.30. The highest BCUT2D eigenvalue weighted by Crippen LogP contribution is 2.50. The summed E-state index contributed by atoms with van der Waals surface area (Å²) in [5.41, 5.74) is 3.95. The van der Waals surface area contributed by atoms with Gasteiger partial charge >= 0.3 is 0 Å². The third kappa shape index (κ3) is 1.94. The second kappa shape index (κ2) is 2.41. The fourth-order valence-electron chi connectivity index (χ4n) is 1.34. The lowest BCUT2D eigenvalue weighted by atomic mass is 9.85. The van der Waals surface area contributed by atoms with E-state index >= 15 is 0 Å². The highest BCUT2D eigenvalue weighted by molar-refractivity contribution is 5.10. The smallest absolute Gasteiger partial charge is 0.266 e. The van der Waals surface area contributed by atoms with Crippen LogP contribution in [0.4, 0.5) is 8.78 Å². The summed E-state index contributed by atoms with van der Waals surface area (Å²) in [6.07, 6.45) is 0.822. The second-order valence-corrected chi connectivity index (χ2v) is 5.10. The van der Waals surface area contributed by atoms with Crippen LogP contribution in [0.1, 0.15) is 40.0 Å². The van der Waals surface area contributed by atoms with E-state index in [9.17, 15) is 8.78 Å². The van der Waals surface area contributed by atoms with Crippen molar-refractivity contribution in [2.75, 3.05) is 0 Å². The Kier molecular flexibility index (Phi) is 1.99. The molecular formula is C9H17F2N. The third-order valence-electron chi connectivity index (χ3n) is 2.27. The Hall–Kier alpha value is -0.180. The molecular weight excluding hydrogens is 160 g/mol. The zero-order valence-electron chi connectivity index (χ0n) is 7.95. The maximum atomic E-state index is 13.4. The highest BCUT2D eigenvalue weighted by atomic mass is 19.3. The molecule has 0 saturated heterocycles. The van der Waals surface area contributed by atoms with Crippen LogP contribution in [0.3, 0.4) is 0 Å². The van der Waals surface area contributed by atoms with Crippen LogP contribution < -0.4 is 5.73 Å². The molecule has 0 aromatic heterocycles. The zero-order chi connectivity index (χ0) is 9.62. The van der Waals surface area contributed by atoms with Gasteiger partial charge in [-0.1, -0.05) is 20.8 Å². The molecule has 1 aliphatic rings. The maximum Gasteiger partial charge on any atom is 0.266 e. The summed E-state index contributed by atoms with van der Waals surface area (Å²) >= 11 is 0. The van der Waals surface area contributed by atoms with Crippen molar-refractivity contribution >= 4 is 0 Å². The van der Waals surface area contributed by atoms with E-state index in [4.69, 9.17) is 5.73 Å². The Morgan fingerprint density at radius 1 is 1.25 bits per heavy atom. The van der Waals surface area contributed by atoms with E-state index in [-0.39, 0.29) is 11.8 Å². The van der Waals surface area contributed by atoms with Gasteiger partial charge in [0.05, 0.1) is 5.54 Å². The molecule has 12 heavy (non-hydrogen) atoms. The fraction of sp³-hybridized carbons (Fsp3) is 1.00. The minimum Gasteiger partial charge on any atom is -0.320 e. The van der Waals surface area contributed by atoms with Crippen molar-refractivity contribution in [2.24, 2.45) is 11.1 Å². The summed E-state index contributed by atoms with van der Waals surface area (Å²) in [5, 5.41) is 0. The van der Waals surface area contributed by atoms with Crippen molar-refractivity contribution in [1.82, 2.24) is 0 Å². The molecule has 0 radical (unpaired) electrons. The average Bonchev–Trinajstić information content (AvgIpc) is 2.40. The quantitative estimate of drug-likeness (QED) is 0.689. The molecule has 2 N–H and O–H groups in total. The molecule has 3 heteroatoms. The van der Waals surface area contributed by atoms with Crippen LogP contribution >= 0.6 is 0 Å². The average molecular weight is 177 g/mol. The molecule has 0 unspecified atom stereocenters. The van der Waals surface area contributed by atoms with Gasteiger partial charge in [-0.15, -0.1) is 0 Å². The van der Waals surface area contributed by atoms with Gasteiger partial charge in [0.2, 0.25) is 0 Å². The van der Waals surface area contributed by atoms with E-state index in [0.717, 1.165) is 0 Å². The monoisotopic (exact) mass is 177 g/mol. The van der Waals surface area contributed by atoms with E-state index in [1.54, 1.807) is 0 Å². The molecule has 0 aromatic carbocycles. The molecule has 1 fully saturated rings. The van der Waals surface area contributed by atoms with E-state index < -0.39 is 11.5 Å². The summed E-state index contributed by atoms with van der Waals surface area (Å²) in [6, 6.07) is 0. The SMILES string of the molecule is CC(C)(C)CC(F)(F)C1(N)CC1. The van der Waals surface area contributed by atoms with E-state index in [1.165, 1.54) is 0 Å². The first-order chi connectivity index (χ1) is 5.16. The molecule has 0 heterocycles. The largest absolute Gasteiger partial charge is 0.320 e. The van der Waals surface area contributed by atoms with E-state index in [2.05, 4.69) is 0 Å². The van der Waals surface area contributed by atoms with Crippen molar-refractivity contribution in [2.45, 2.75) is 51.5 Å². The molecule has 0 spiro atoms. The van der Waals surface area contributed by atoms with Gasteiger partial charge < -0.3 is 5.73 Å². The standard InChI is InChI=1S/C9H17F2N/c1-7(2,3)6-9(10,11)8(12)4-5-8/h4-6,12H2,1-3H3. The molecule has 1 nitrogen and oxygen atoms in total. The Balaban J connectivity index is 2.61. The first-order valence-electron chi connectivity index (χ1n) is 4.33. The Labute approximate surface area is 72.3 Å². The number of halogens is 2. The van der Waals surface area contributed by atoms with Crippen LogP contribution in [-0.2, 0) is 0 Å². The molecule has 0 atom stereocenters. The van der Waals surface area contributed by atoms with E-state index in [0.29, 0.717) is 12.8 Å². The lowest BCUT2D eigenvalue weighted by Crippen LogP contribution is -2.45. The minimum atomic E-state index is -2.69. The molecule has 0 amide bonds. The first kappa shape index (κ1) is 9.90.